The summed E-state index contributed by atoms with van der Waals surface area (Å²) >= 11 is 0. The van der Waals surface area contributed by atoms with Crippen molar-refractivity contribution in [2.24, 2.45) is 5.92 Å². The van der Waals surface area contributed by atoms with Crippen LogP contribution >= 0.6 is 0 Å². The highest BCUT2D eigenvalue weighted by molar-refractivity contribution is 5.40. The lowest BCUT2D eigenvalue weighted by molar-refractivity contribution is -0.138. The SMILES string of the molecule is CC(C)Cn1c(O)cc(C(F)(F)F)c(C#N)c1=O. The number of aromatic hydroxyl groups is 1. The maximum absolute atomic E-state index is 12.6. The molecule has 18 heavy (non-hydrogen) atoms. The Morgan fingerprint density at radius 3 is 2.44 bits per heavy atom. The monoisotopic (exact) mass is 260 g/mol. The van der Waals surface area contributed by atoms with E-state index in [0.717, 1.165) is 4.57 Å². The zero-order valence-electron chi connectivity index (χ0n) is 9.75. The first-order valence-electron chi connectivity index (χ1n) is 5.12. The van der Waals surface area contributed by atoms with Crippen molar-refractivity contribution in [2.75, 3.05) is 0 Å². The highest BCUT2D eigenvalue weighted by atomic mass is 19.4. The molecule has 1 rings (SSSR count). The van der Waals surface area contributed by atoms with Crippen molar-refractivity contribution in [3.05, 3.63) is 27.5 Å². The van der Waals surface area contributed by atoms with Crippen LogP contribution in [0.4, 0.5) is 13.2 Å². The van der Waals surface area contributed by atoms with Crippen LogP contribution in [0.3, 0.4) is 0 Å². The Bertz CT molecular complexity index is 553. The maximum Gasteiger partial charge on any atom is 0.418 e. The van der Waals surface area contributed by atoms with Gasteiger partial charge < -0.3 is 5.11 Å². The number of rotatable bonds is 2. The molecule has 0 saturated carbocycles. The van der Waals surface area contributed by atoms with Crippen molar-refractivity contribution in [2.45, 2.75) is 26.6 Å². The molecule has 4 nitrogen and oxygen atoms in total. The molecule has 0 amide bonds. The first-order valence-corrected chi connectivity index (χ1v) is 5.12. The van der Waals surface area contributed by atoms with Crippen molar-refractivity contribution >= 4 is 0 Å². The van der Waals surface area contributed by atoms with Crippen molar-refractivity contribution in [1.82, 2.24) is 4.57 Å². The summed E-state index contributed by atoms with van der Waals surface area (Å²) in [7, 11) is 0. The number of nitriles is 1. The predicted molar refractivity (Wildman–Crippen MR) is 56.9 cm³/mol. The fourth-order valence-electron chi connectivity index (χ4n) is 1.51. The van der Waals surface area contributed by atoms with Gasteiger partial charge in [0, 0.05) is 12.6 Å². The van der Waals surface area contributed by atoms with Crippen molar-refractivity contribution in [1.29, 1.82) is 5.26 Å². The normalized spacial score (nSPS) is 11.6. The van der Waals surface area contributed by atoms with Crippen LogP contribution in [0.1, 0.15) is 25.0 Å². The summed E-state index contributed by atoms with van der Waals surface area (Å²) in [6.45, 7) is 3.50. The van der Waals surface area contributed by atoms with Crippen molar-refractivity contribution in [3.63, 3.8) is 0 Å². The molecule has 0 fully saturated rings. The molecule has 0 aliphatic carbocycles. The summed E-state index contributed by atoms with van der Waals surface area (Å²) in [5.41, 5.74) is -3.54. The van der Waals surface area contributed by atoms with Crippen LogP contribution in [-0.2, 0) is 12.7 Å². The highest BCUT2D eigenvalue weighted by Crippen LogP contribution is 2.32. The van der Waals surface area contributed by atoms with Crippen LogP contribution < -0.4 is 5.56 Å². The third-order valence-electron chi connectivity index (χ3n) is 2.24. The maximum atomic E-state index is 12.6. The number of nitrogens with zero attached hydrogens (tertiary/aromatic N) is 2. The minimum absolute atomic E-state index is 0.0392. The average Bonchev–Trinajstić information content (AvgIpc) is 2.22. The number of hydrogen-bond donors (Lipinski definition) is 1. The van der Waals surface area contributed by atoms with Gasteiger partial charge in [0.1, 0.15) is 11.6 Å². The van der Waals surface area contributed by atoms with Crippen LogP contribution in [0.5, 0.6) is 5.88 Å². The summed E-state index contributed by atoms with van der Waals surface area (Å²) in [6, 6.07) is 1.65. The molecule has 98 valence electrons. The molecule has 1 aromatic rings. The van der Waals surface area contributed by atoms with Gasteiger partial charge in [0.05, 0.1) is 5.56 Å². The Morgan fingerprint density at radius 2 is 2.06 bits per heavy atom. The fourth-order valence-corrected chi connectivity index (χ4v) is 1.51. The minimum Gasteiger partial charge on any atom is -0.494 e. The summed E-state index contributed by atoms with van der Waals surface area (Å²) in [5.74, 6) is -0.850. The van der Waals surface area contributed by atoms with Crippen LogP contribution in [0.2, 0.25) is 0 Å². The fraction of sp³-hybridized carbons (Fsp3) is 0.455. The molecular weight excluding hydrogens is 249 g/mol. The standard InChI is InChI=1S/C11H11F3N2O2/c1-6(2)5-16-9(17)3-8(11(12,13)14)7(4-15)10(16)18/h3,6,17H,5H2,1-2H3. The van der Waals surface area contributed by atoms with E-state index in [4.69, 9.17) is 5.26 Å². The van der Waals surface area contributed by atoms with E-state index in [1.165, 1.54) is 6.07 Å². The van der Waals surface area contributed by atoms with Gasteiger partial charge in [-0.1, -0.05) is 13.8 Å². The van der Waals surface area contributed by atoms with Gasteiger partial charge >= 0.3 is 6.18 Å². The lowest BCUT2D eigenvalue weighted by atomic mass is 10.1. The van der Waals surface area contributed by atoms with Gasteiger partial charge in [-0.2, -0.15) is 18.4 Å². The predicted octanol–water partition coefficient (Wildman–Crippen LogP) is 2.10. The van der Waals surface area contributed by atoms with E-state index < -0.39 is 28.7 Å². The van der Waals surface area contributed by atoms with E-state index in [2.05, 4.69) is 0 Å². The Morgan fingerprint density at radius 1 is 1.50 bits per heavy atom. The van der Waals surface area contributed by atoms with Gasteiger partial charge in [0.25, 0.3) is 5.56 Å². The lowest BCUT2D eigenvalue weighted by Gasteiger charge is -2.15. The van der Waals surface area contributed by atoms with E-state index in [-0.39, 0.29) is 12.5 Å². The number of pyridine rings is 1. The number of alkyl halides is 3. The van der Waals surface area contributed by atoms with Crippen molar-refractivity contribution in [3.8, 4) is 11.9 Å². The molecule has 0 aliphatic rings. The van der Waals surface area contributed by atoms with E-state index in [1.54, 1.807) is 13.8 Å². The molecule has 0 bridgehead atoms. The molecule has 0 atom stereocenters. The topological polar surface area (TPSA) is 66.0 Å². The molecular formula is C11H11F3N2O2. The lowest BCUT2D eigenvalue weighted by Crippen LogP contribution is -2.28. The number of halogens is 3. The van der Waals surface area contributed by atoms with E-state index in [9.17, 15) is 23.1 Å². The molecule has 0 spiro atoms. The third kappa shape index (κ3) is 2.64. The van der Waals surface area contributed by atoms with E-state index in [0.29, 0.717) is 6.07 Å². The Hall–Kier alpha value is -1.97. The molecule has 0 radical (unpaired) electrons. The summed E-state index contributed by atoms with van der Waals surface area (Å²) in [6.07, 6.45) is -4.85. The zero-order chi connectivity index (χ0) is 14.1. The molecule has 0 aromatic carbocycles. The second kappa shape index (κ2) is 4.72. The molecule has 0 aliphatic heterocycles. The molecule has 7 heteroatoms. The zero-order valence-corrected chi connectivity index (χ0v) is 9.75. The largest absolute Gasteiger partial charge is 0.494 e. The Kier molecular flexibility index (Phi) is 3.70. The van der Waals surface area contributed by atoms with Crippen LogP contribution in [-0.4, -0.2) is 9.67 Å². The quantitative estimate of drug-likeness (QED) is 0.885. The van der Waals surface area contributed by atoms with Crippen molar-refractivity contribution < 1.29 is 18.3 Å². The molecule has 1 aromatic heterocycles. The first-order chi connectivity index (χ1) is 8.18. The van der Waals surface area contributed by atoms with Gasteiger partial charge in [0.15, 0.2) is 5.88 Å². The highest BCUT2D eigenvalue weighted by Gasteiger charge is 2.36. The van der Waals surface area contributed by atoms with Crippen LogP contribution in [0.25, 0.3) is 0 Å². The minimum atomic E-state index is -4.85. The smallest absolute Gasteiger partial charge is 0.418 e. The summed E-state index contributed by atoms with van der Waals surface area (Å²) < 4.78 is 38.5. The molecule has 0 saturated heterocycles. The molecule has 1 N–H and O–H groups in total. The summed E-state index contributed by atoms with van der Waals surface area (Å²) in [4.78, 5) is 11.7. The van der Waals surface area contributed by atoms with Crippen LogP contribution in [0.15, 0.2) is 10.9 Å². The molecule has 0 unspecified atom stereocenters. The number of aromatic nitrogens is 1. The van der Waals surface area contributed by atoms with Gasteiger partial charge in [-0.3, -0.25) is 9.36 Å². The number of hydrogen-bond acceptors (Lipinski definition) is 3. The van der Waals surface area contributed by atoms with Gasteiger partial charge in [0.2, 0.25) is 0 Å². The van der Waals surface area contributed by atoms with Gasteiger partial charge in [-0.15, -0.1) is 0 Å². The second-order valence-corrected chi connectivity index (χ2v) is 4.21. The second-order valence-electron chi connectivity index (χ2n) is 4.21. The first kappa shape index (κ1) is 14.1. The molecule has 1 heterocycles. The van der Waals surface area contributed by atoms with Gasteiger partial charge in [-0.25, -0.2) is 0 Å². The Labute approximate surface area is 101 Å². The summed E-state index contributed by atoms with van der Waals surface area (Å²) in [5, 5.41) is 18.1. The van der Waals surface area contributed by atoms with Crippen LogP contribution in [0, 0.1) is 17.2 Å². The third-order valence-corrected chi connectivity index (χ3v) is 2.24. The average molecular weight is 260 g/mol. The van der Waals surface area contributed by atoms with E-state index in [1.807, 2.05) is 0 Å². The van der Waals surface area contributed by atoms with Gasteiger partial charge in [-0.05, 0) is 5.92 Å². The Balaban J connectivity index is 3.57. The van der Waals surface area contributed by atoms with E-state index >= 15 is 0 Å².